The number of methoxy groups -OCH3 is 2. The van der Waals surface area contributed by atoms with E-state index < -0.39 is 4.92 Å². The minimum atomic E-state index is -0.412. The fraction of sp³-hybridized carbons (Fsp3) is 0.316. The van der Waals surface area contributed by atoms with Crippen LogP contribution in [0.1, 0.15) is 11.1 Å². The smallest absolute Gasteiger partial charge is 0.269 e. The number of rotatable bonds is 9. The molecule has 0 aliphatic heterocycles. The fourth-order valence-corrected chi connectivity index (χ4v) is 2.31. The molecule has 8 nitrogen and oxygen atoms in total. The summed E-state index contributed by atoms with van der Waals surface area (Å²) in [5.41, 5.74) is 2.02. The number of guanidine groups is 1. The molecule has 0 aromatic heterocycles. The van der Waals surface area contributed by atoms with Crippen LogP contribution in [-0.4, -0.2) is 38.3 Å². The van der Waals surface area contributed by atoms with Crippen LogP contribution in [0.4, 0.5) is 5.69 Å². The average Bonchev–Trinajstić information content (AvgIpc) is 2.70. The van der Waals surface area contributed by atoms with Crippen molar-refractivity contribution in [3.63, 3.8) is 0 Å². The topological polar surface area (TPSA) is 98.0 Å². The Balaban J connectivity index is 2.00. The molecule has 27 heavy (non-hydrogen) atoms. The Morgan fingerprint density at radius 2 is 1.89 bits per heavy atom. The van der Waals surface area contributed by atoms with Crippen molar-refractivity contribution in [2.75, 3.05) is 27.4 Å². The highest BCUT2D eigenvalue weighted by Gasteiger charge is 2.05. The molecule has 0 atom stereocenters. The van der Waals surface area contributed by atoms with Gasteiger partial charge in [-0.15, -0.1) is 0 Å². The van der Waals surface area contributed by atoms with Gasteiger partial charge in [0.2, 0.25) is 0 Å². The standard InChI is InChI=1S/C19H24N4O4/c1-26-11-10-20-19(22-14-16-4-3-5-18(12-16)27-2)21-13-15-6-8-17(9-7-15)23(24)25/h3-9,12H,10-11,13-14H2,1-2H3,(H2,20,21,22). The molecule has 144 valence electrons. The van der Waals surface area contributed by atoms with Gasteiger partial charge < -0.3 is 20.1 Å². The predicted molar refractivity (Wildman–Crippen MR) is 104 cm³/mol. The summed E-state index contributed by atoms with van der Waals surface area (Å²) in [6, 6.07) is 14.1. The normalized spacial score (nSPS) is 11.1. The number of nitrogens with zero attached hydrogens (tertiary/aromatic N) is 2. The van der Waals surface area contributed by atoms with Gasteiger partial charge in [-0.2, -0.15) is 0 Å². The highest BCUT2D eigenvalue weighted by atomic mass is 16.6. The third-order valence-corrected chi connectivity index (χ3v) is 3.76. The van der Waals surface area contributed by atoms with E-state index in [9.17, 15) is 10.1 Å². The first-order chi connectivity index (χ1) is 13.1. The number of non-ortho nitro benzene ring substituents is 1. The molecule has 0 fully saturated rings. The van der Waals surface area contributed by atoms with Crippen LogP contribution in [0, 0.1) is 10.1 Å². The van der Waals surface area contributed by atoms with E-state index in [1.54, 1.807) is 26.4 Å². The average molecular weight is 372 g/mol. The Labute approximate surface area is 158 Å². The molecule has 0 bridgehead atoms. The first-order valence-corrected chi connectivity index (χ1v) is 8.49. The molecular weight excluding hydrogens is 348 g/mol. The van der Waals surface area contributed by atoms with Crippen LogP contribution < -0.4 is 15.4 Å². The van der Waals surface area contributed by atoms with Crippen molar-refractivity contribution in [1.29, 1.82) is 0 Å². The van der Waals surface area contributed by atoms with Crippen molar-refractivity contribution >= 4 is 11.6 Å². The van der Waals surface area contributed by atoms with E-state index in [0.717, 1.165) is 16.9 Å². The molecule has 0 aliphatic carbocycles. The van der Waals surface area contributed by atoms with Gasteiger partial charge in [0, 0.05) is 32.3 Å². The van der Waals surface area contributed by atoms with E-state index in [2.05, 4.69) is 15.6 Å². The Morgan fingerprint density at radius 1 is 1.11 bits per heavy atom. The number of benzene rings is 2. The summed E-state index contributed by atoms with van der Waals surface area (Å²) in [7, 11) is 3.27. The fourth-order valence-electron chi connectivity index (χ4n) is 2.31. The van der Waals surface area contributed by atoms with Crippen LogP contribution in [0.25, 0.3) is 0 Å². The molecule has 8 heteroatoms. The van der Waals surface area contributed by atoms with Crippen LogP contribution in [0.15, 0.2) is 53.5 Å². The molecule has 0 saturated carbocycles. The van der Waals surface area contributed by atoms with Crippen molar-refractivity contribution in [2.45, 2.75) is 13.1 Å². The zero-order valence-corrected chi connectivity index (χ0v) is 15.5. The maximum absolute atomic E-state index is 10.7. The minimum absolute atomic E-state index is 0.0730. The Hall–Kier alpha value is -3.13. The Morgan fingerprint density at radius 3 is 2.56 bits per heavy atom. The molecule has 0 saturated heterocycles. The summed E-state index contributed by atoms with van der Waals surface area (Å²) in [6.45, 7) is 2.15. The monoisotopic (exact) mass is 372 g/mol. The van der Waals surface area contributed by atoms with Gasteiger partial charge >= 0.3 is 0 Å². The van der Waals surface area contributed by atoms with Gasteiger partial charge in [-0.3, -0.25) is 10.1 Å². The van der Waals surface area contributed by atoms with Gasteiger partial charge in [0.1, 0.15) is 5.75 Å². The summed E-state index contributed by atoms with van der Waals surface area (Å²) in [5.74, 6) is 1.42. The zero-order chi connectivity index (χ0) is 19.5. The lowest BCUT2D eigenvalue weighted by molar-refractivity contribution is -0.384. The molecule has 2 aromatic carbocycles. The number of ether oxygens (including phenoxy) is 2. The molecule has 2 aromatic rings. The SMILES string of the molecule is COCCNC(=NCc1cccc(OC)c1)NCc1ccc([N+](=O)[O-])cc1. The van der Waals surface area contributed by atoms with Crippen molar-refractivity contribution in [1.82, 2.24) is 10.6 Å². The van der Waals surface area contributed by atoms with Gasteiger partial charge in [0.15, 0.2) is 5.96 Å². The van der Waals surface area contributed by atoms with E-state index in [1.165, 1.54) is 12.1 Å². The van der Waals surface area contributed by atoms with Gasteiger partial charge in [-0.05, 0) is 23.3 Å². The highest BCUT2D eigenvalue weighted by Crippen LogP contribution is 2.13. The molecule has 0 spiro atoms. The van der Waals surface area contributed by atoms with E-state index in [1.807, 2.05) is 24.3 Å². The number of hydrogen-bond acceptors (Lipinski definition) is 5. The summed E-state index contributed by atoms with van der Waals surface area (Å²) in [6.07, 6.45) is 0. The molecule has 0 aliphatic rings. The van der Waals surface area contributed by atoms with E-state index in [4.69, 9.17) is 9.47 Å². The predicted octanol–water partition coefficient (Wildman–Crippen LogP) is 2.49. The summed E-state index contributed by atoms with van der Waals surface area (Å²) >= 11 is 0. The summed E-state index contributed by atoms with van der Waals surface area (Å²) in [5, 5.41) is 17.1. The Kier molecular flexibility index (Phi) is 8.05. The van der Waals surface area contributed by atoms with Gasteiger partial charge in [0.05, 0.1) is 25.2 Å². The van der Waals surface area contributed by atoms with E-state index in [0.29, 0.717) is 32.2 Å². The first-order valence-electron chi connectivity index (χ1n) is 8.49. The number of nitrogens with one attached hydrogen (secondary N) is 2. The number of nitro benzene ring substituents is 1. The second-order valence-electron chi connectivity index (χ2n) is 5.71. The number of nitro groups is 1. The van der Waals surface area contributed by atoms with Gasteiger partial charge in [-0.1, -0.05) is 24.3 Å². The maximum Gasteiger partial charge on any atom is 0.269 e. The van der Waals surface area contributed by atoms with Crippen molar-refractivity contribution in [3.8, 4) is 5.75 Å². The first kappa shape index (κ1) is 20.2. The zero-order valence-electron chi connectivity index (χ0n) is 15.5. The van der Waals surface area contributed by atoms with Crippen LogP contribution in [0.3, 0.4) is 0 Å². The number of hydrogen-bond donors (Lipinski definition) is 2. The van der Waals surface area contributed by atoms with Crippen molar-refractivity contribution in [2.24, 2.45) is 4.99 Å². The van der Waals surface area contributed by atoms with Crippen LogP contribution in [0.5, 0.6) is 5.75 Å². The molecule has 2 N–H and O–H groups in total. The minimum Gasteiger partial charge on any atom is -0.497 e. The van der Waals surface area contributed by atoms with Crippen LogP contribution in [-0.2, 0) is 17.8 Å². The van der Waals surface area contributed by atoms with Gasteiger partial charge in [-0.25, -0.2) is 4.99 Å². The second kappa shape index (κ2) is 10.8. The third kappa shape index (κ3) is 6.95. The largest absolute Gasteiger partial charge is 0.497 e. The summed E-state index contributed by atoms with van der Waals surface area (Å²) in [4.78, 5) is 14.9. The van der Waals surface area contributed by atoms with E-state index in [-0.39, 0.29) is 5.69 Å². The molecule has 0 radical (unpaired) electrons. The quantitative estimate of drug-likeness (QED) is 0.231. The van der Waals surface area contributed by atoms with Crippen molar-refractivity contribution < 1.29 is 14.4 Å². The van der Waals surface area contributed by atoms with Crippen molar-refractivity contribution in [3.05, 3.63) is 69.8 Å². The third-order valence-electron chi connectivity index (χ3n) is 3.76. The number of aliphatic imine (C=N–C) groups is 1. The molecule has 0 heterocycles. The Bertz CT molecular complexity index is 763. The second-order valence-corrected chi connectivity index (χ2v) is 5.71. The molecule has 0 unspecified atom stereocenters. The summed E-state index contributed by atoms with van der Waals surface area (Å²) < 4.78 is 10.3. The van der Waals surface area contributed by atoms with Crippen LogP contribution in [0.2, 0.25) is 0 Å². The van der Waals surface area contributed by atoms with Crippen LogP contribution >= 0.6 is 0 Å². The lowest BCUT2D eigenvalue weighted by atomic mass is 10.2. The lowest BCUT2D eigenvalue weighted by Crippen LogP contribution is -2.38. The lowest BCUT2D eigenvalue weighted by Gasteiger charge is -2.13. The molecular formula is C19H24N4O4. The molecule has 0 amide bonds. The maximum atomic E-state index is 10.7. The highest BCUT2D eigenvalue weighted by molar-refractivity contribution is 5.79. The van der Waals surface area contributed by atoms with E-state index >= 15 is 0 Å². The van der Waals surface area contributed by atoms with Gasteiger partial charge in [0.25, 0.3) is 5.69 Å². The molecule has 2 rings (SSSR count).